The lowest BCUT2D eigenvalue weighted by Crippen LogP contribution is -2.13. The average Bonchev–Trinajstić information content (AvgIpc) is 2.39. The van der Waals surface area contributed by atoms with E-state index in [1.807, 2.05) is 24.5 Å². The molecular formula is C12H12N4S2. The van der Waals surface area contributed by atoms with Crippen LogP contribution in [0.3, 0.4) is 0 Å². The molecule has 18 heavy (non-hydrogen) atoms. The summed E-state index contributed by atoms with van der Waals surface area (Å²) >= 11 is 3.04. The van der Waals surface area contributed by atoms with Crippen molar-refractivity contribution >= 4 is 29.4 Å². The minimum atomic E-state index is 0.0753. The number of amidine groups is 1. The van der Waals surface area contributed by atoms with Gasteiger partial charge < -0.3 is 5.73 Å². The Morgan fingerprint density at radius 3 is 2.67 bits per heavy atom. The number of aromatic nitrogens is 2. The van der Waals surface area contributed by atoms with Crippen molar-refractivity contribution in [3.05, 3.63) is 42.4 Å². The van der Waals surface area contributed by atoms with Gasteiger partial charge in [-0.3, -0.25) is 10.4 Å². The molecule has 0 radical (unpaired) electrons. The van der Waals surface area contributed by atoms with Crippen LogP contribution in [0.15, 0.2) is 51.6 Å². The van der Waals surface area contributed by atoms with Gasteiger partial charge in [-0.05, 0) is 18.4 Å². The van der Waals surface area contributed by atoms with Crippen molar-refractivity contribution in [3.63, 3.8) is 0 Å². The lowest BCUT2D eigenvalue weighted by atomic mass is 10.2. The van der Waals surface area contributed by atoms with E-state index in [4.69, 9.17) is 11.1 Å². The molecule has 6 heteroatoms. The maximum Gasteiger partial charge on any atom is 0.125 e. The molecule has 1 aromatic heterocycles. The fourth-order valence-corrected chi connectivity index (χ4v) is 3.11. The number of nitrogen functional groups attached to an aromatic ring is 1. The molecule has 0 aliphatic heterocycles. The van der Waals surface area contributed by atoms with E-state index in [-0.39, 0.29) is 5.84 Å². The van der Waals surface area contributed by atoms with E-state index >= 15 is 0 Å². The summed E-state index contributed by atoms with van der Waals surface area (Å²) in [5.74, 6) is 0.0753. The first-order valence-corrected chi connectivity index (χ1v) is 7.21. The summed E-state index contributed by atoms with van der Waals surface area (Å²) < 4.78 is 0. The Balaban J connectivity index is 2.42. The van der Waals surface area contributed by atoms with Gasteiger partial charge in [0.15, 0.2) is 0 Å². The number of rotatable bonds is 4. The van der Waals surface area contributed by atoms with Crippen LogP contribution < -0.4 is 5.73 Å². The Kier molecular flexibility index (Phi) is 4.22. The van der Waals surface area contributed by atoms with Gasteiger partial charge in [0, 0.05) is 27.7 Å². The van der Waals surface area contributed by atoms with E-state index in [9.17, 15) is 0 Å². The van der Waals surface area contributed by atoms with Gasteiger partial charge in [-0.2, -0.15) is 0 Å². The fourth-order valence-electron chi connectivity index (χ4n) is 1.48. The highest BCUT2D eigenvalue weighted by molar-refractivity contribution is 8.00. The van der Waals surface area contributed by atoms with Crippen LogP contribution in [0.1, 0.15) is 5.56 Å². The van der Waals surface area contributed by atoms with E-state index in [0.29, 0.717) is 0 Å². The molecule has 0 saturated heterocycles. The number of nitrogens with two attached hydrogens (primary N) is 1. The lowest BCUT2D eigenvalue weighted by molar-refractivity contribution is 1.05. The number of thioether (sulfide) groups is 1. The second kappa shape index (κ2) is 5.88. The van der Waals surface area contributed by atoms with Gasteiger partial charge in [-0.15, -0.1) is 11.8 Å². The van der Waals surface area contributed by atoms with Crippen molar-refractivity contribution in [3.8, 4) is 0 Å². The topological polar surface area (TPSA) is 75.7 Å². The first-order chi connectivity index (χ1) is 8.72. The normalized spacial score (nSPS) is 10.3. The maximum absolute atomic E-state index is 7.70. The maximum atomic E-state index is 7.70. The minimum Gasteiger partial charge on any atom is -0.384 e. The van der Waals surface area contributed by atoms with Crippen molar-refractivity contribution in [1.82, 2.24) is 9.97 Å². The molecule has 0 atom stereocenters. The van der Waals surface area contributed by atoms with Gasteiger partial charge in [-0.25, -0.2) is 4.98 Å². The molecular weight excluding hydrogens is 264 g/mol. The molecule has 92 valence electrons. The monoisotopic (exact) mass is 276 g/mol. The van der Waals surface area contributed by atoms with Crippen LogP contribution in [0, 0.1) is 5.41 Å². The third-order valence-corrected chi connectivity index (χ3v) is 3.99. The summed E-state index contributed by atoms with van der Waals surface area (Å²) in [6.07, 6.45) is 6.95. The molecule has 0 amide bonds. The third-order valence-electron chi connectivity index (χ3n) is 2.23. The lowest BCUT2D eigenvalue weighted by Gasteiger charge is -2.11. The van der Waals surface area contributed by atoms with Crippen LogP contribution in [-0.2, 0) is 0 Å². The number of hydrogen-bond acceptors (Lipinski definition) is 5. The van der Waals surface area contributed by atoms with Crippen LogP contribution >= 0.6 is 23.5 Å². The van der Waals surface area contributed by atoms with Crippen molar-refractivity contribution in [2.24, 2.45) is 5.73 Å². The SMILES string of the molecule is CSc1cccc(Sc2cnccn2)c1C(=N)N. The van der Waals surface area contributed by atoms with Gasteiger partial charge in [0.1, 0.15) is 10.9 Å². The molecule has 4 nitrogen and oxygen atoms in total. The van der Waals surface area contributed by atoms with E-state index < -0.39 is 0 Å². The summed E-state index contributed by atoms with van der Waals surface area (Å²) in [5.41, 5.74) is 6.43. The number of nitrogens with one attached hydrogen (secondary N) is 1. The number of nitrogens with zero attached hydrogens (tertiary/aromatic N) is 2. The average molecular weight is 276 g/mol. The van der Waals surface area contributed by atoms with Crippen LogP contribution in [0.25, 0.3) is 0 Å². The van der Waals surface area contributed by atoms with Gasteiger partial charge in [0.2, 0.25) is 0 Å². The Hall–Kier alpha value is -1.53. The fraction of sp³-hybridized carbons (Fsp3) is 0.0833. The number of benzene rings is 1. The van der Waals surface area contributed by atoms with Crippen molar-refractivity contribution < 1.29 is 0 Å². The standard InChI is InChI=1S/C12H12N4S2/c1-17-8-3-2-4-9(11(8)12(13)14)18-10-7-15-5-6-16-10/h2-7H,1H3,(H3,13,14). The molecule has 3 N–H and O–H groups in total. The van der Waals surface area contributed by atoms with Crippen LogP contribution in [0.2, 0.25) is 0 Å². The second-order valence-electron chi connectivity index (χ2n) is 3.39. The Morgan fingerprint density at radius 1 is 1.28 bits per heavy atom. The van der Waals surface area contributed by atoms with Crippen molar-refractivity contribution in [1.29, 1.82) is 5.41 Å². The third kappa shape index (κ3) is 2.83. The summed E-state index contributed by atoms with van der Waals surface area (Å²) in [6, 6.07) is 5.86. The van der Waals surface area contributed by atoms with Gasteiger partial charge in [0.25, 0.3) is 0 Å². The molecule has 0 saturated carbocycles. The van der Waals surface area contributed by atoms with Crippen LogP contribution in [0.5, 0.6) is 0 Å². The van der Waals surface area contributed by atoms with E-state index in [1.165, 1.54) is 11.8 Å². The predicted octanol–water partition coefficient (Wildman–Crippen LogP) is 2.63. The first-order valence-electron chi connectivity index (χ1n) is 5.17. The largest absolute Gasteiger partial charge is 0.384 e. The Bertz CT molecular complexity index is 557. The van der Waals surface area contributed by atoms with E-state index in [2.05, 4.69) is 9.97 Å². The molecule has 0 aliphatic rings. The highest BCUT2D eigenvalue weighted by atomic mass is 32.2. The summed E-state index contributed by atoms with van der Waals surface area (Å²) in [5, 5.41) is 8.49. The van der Waals surface area contributed by atoms with Crippen LogP contribution in [0.4, 0.5) is 0 Å². The molecule has 1 heterocycles. The zero-order valence-corrected chi connectivity index (χ0v) is 11.4. The van der Waals surface area contributed by atoms with Crippen molar-refractivity contribution in [2.75, 3.05) is 6.26 Å². The number of hydrogen-bond donors (Lipinski definition) is 2. The Labute approximate surface area is 114 Å². The molecule has 0 aliphatic carbocycles. The van der Waals surface area contributed by atoms with E-state index in [0.717, 1.165) is 20.4 Å². The smallest absolute Gasteiger partial charge is 0.125 e. The van der Waals surface area contributed by atoms with E-state index in [1.54, 1.807) is 30.4 Å². The molecule has 2 rings (SSSR count). The minimum absolute atomic E-state index is 0.0753. The molecule has 1 aromatic carbocycles. The van der Waals surface area contributed by atoms with Gasteiger partial charge >= 0.3 is 0 Å². The quantitative estimate of drug-likeness (QED) is 0.510. The molecule has 0 fully saturated rings. The van der Waals surface area contributed by atoms with Crippen molar-refractivity contribution in [2.45, 2.75) is 14.8 Å². The molecule has 0 bridgehead atoms. The highest BCUT2D eigenvalue weighted by Crippen LogP contribution is 2.33. The second-order valence-corrected chi connectivity index (χ2v) is 5.30. The summed E-state index contributed by atoms with van der Waals surface area (Å²) in [7, 11) is 0. The zero-order valence-electron chi connectivity index (χ0n) is 9.75. The van der Waals surface area contributed by atoms with Crippen LogP contribution in [-0.4, -0.2) is 22.1 Å². The molecule has 0 unspecified atom stereocenters. The summed E-state index contributed by atoms with van der Waals surface area (Å²) in [6.45, 7) is 0. The Morgan fingerprint density at radius 2 is 2.06 bits per heavy atom. The predicted molar refractivity (Wildman–Crippen MR) is 75.4 cm³/mol. The van der Waals surface area contributed by atoms with Gasteiger partial charge in [-0.1, -0.05) is 17.8 Å². The molecule has 0 spiro atoms. The summed E-state index contributed by atoms with van der Waals surface area (Å²) in [4.78, 5) is 10.2. The van der Waals surface area contributed by atoms with Gasteiger partial charge in [0.05, 0.1) is 6.20 Å². The first kappa shape index (κ1) is 12.9. The zero-order chi connectivity index (χ0) is 13.0. The molecule has 2 aromatic rings. The highest BCUT2D eigenvalue weighted by Gasteiger charge is 2.12.